The van der Waals surface area contributed by atoms with E-state index in [2.05, 4.69) is 22.1 Å². The van der Waals surface area contributed by atoms with E-state index in [4.69, 9.17) is 10.5 Å². The lowest BCUT2D eigenvalue weighted by Crippen LogP contribution is -2.11. The van der Waals surface area contributed by atoms with Crippen molar-refractivity contribution in [1.29, 1.82) is 0 Å². The fourth-order valence-electron chi connectivity index (χ4n) is 1.53. The minimum atomic E-state index is -0.374. The van der Waals surface area contributed by atoms with Crippen molar-refractivity contribution >= 4 is 22.4 Å². The summed E-state index contributed by atoms with van der Waals surface area (Å²) in [6.07, 6.45) is 1.56. The molecule has 0 fully saturated rings. The van der Waals surface area contributed by atoms with Crippen LogP contribution in [-0.2, 0) is 0 Å². The van der Waals surface area contributed by atoms with Gasteiger partial charge in [0.2, 0.25) is 0 Å². The number of thiazole rings is 1. The average molecular weight is 303 g/mol. The van der Waals surface area contributed by atoms with Gasteiger partial charge in [-0.25, -0.2) is 4.98 Å². The number of phenols is 1. The predicted molar refractivity (Wildman–Crippen MR) is 80.7 cm³/mol. The second-order valence-electron chi connectivity index (χ2n) is 3.88. The zero-order chi connectivity index (χ0) is 15.2. The molecule has 108 valence electrons. The van der Waals surface area contributed by atoms with Crippen molar-refractivity contribution in [2.45, 2.75) is 0 Å². The average Bonchev–Trinajstić information content (AvgIpc) is 2.92. The van der Waals surface area contributed by atoms with Crippen LogP contribution in [0.3, 0.4) is 0 Å². The Hall–Kier alpha value is -2.56. The molecule has 4 N–H and O–H groups in total. The fraction of sp³-hybridized carbons (Fsp3) is 0.143. The van der Waals surface area contributed by atoms with Crippen LogP contribution in [0, 0.1) is 11.8 Å². The number of nitrogens with zero attached hydrogens (tertiary/aromatic N) is 1. The Bertz CT molecular complexity index is 716. The molecule has 1 amide bonds. The number of methoxy groups -OCH3 is 1. The quantitative estimate of drug-likeness (QED) is 0.745. The van der Waals surface area contributed by atoms with Crippen LogP contribution >= 0.6 is 11.3 Å². The Balaban J connectivity index is 2.10. The highest BCUT2D eigenvalue weighted by Crippen LogP contribution is 2.27. The Labute approximate surface area is 125 Å². The van der Waals surface area contributed by atoms with E-state index in [1.54, 1.807) is 12.3 Å². The Kier molecular flexibility index (Phi) is 4.77. The summed E-state index contributed by atoms with van der Waals surface area (Å²) in [4.78, 5) is 16.8. The van der Waals surface area contributed by atoms with Gasteiger partial charge in [0.05, 0.1) is 24.7 Å². The first kappa shape index (κ1) is 14.8. The molecule has 0 spiro atoms. The molecule has 0 bridgehead atoms. The highest BCUT2D eigenvalue weighted by atomic mass is 32.1. The van der Waals surface area contributed by atoms with Gasteiger partial charge in [-0.3, -0.25) is 10.1 Å². The number of benzene rings is 1. The third-order valence-electron chi connectivity index (χ3n) is 2.48. The lowest BCUT2D eigenvalue weighted by molar-refractivity contribution is 0.102. The monoisotopic (exact) mass is 303 g/mol. The maximum Gasteiger partial charge on any atom is 0.257 e. The molecule has 0 saturated carbocycles. The van der Waals surface area contributed by atoms with Crippen LogP contribution in [0.2, 0.25) is 0 Å². The number of carbonyl (C=O) groups excluding carboxylic acids is 1. The number of amides is 1. The minimum Gasteiger partial charge on any atom is -0.504 e. The summed E-state index contributed by atoms with van der Waals surface area (Å²) in [7, 11) is 1.44. The predicted octanol–water partition coefficient (Wildman–Crippen LogP) is 1.42. The van der Waals surface area contributed by atoms with E-state index in [9.17, 15) is 9.90 Å². The Morgan fingerprint density at radius 3 is 3.05 bits per heavy atom. The summed E-state index contributed by atoms with van der Waals surface area (Å²) in [5.74, 6) is 5.38. The molecule has 0 aliphatic heterocycles. The number of nitrogens with two attached hydrogens (primary N) is 1. The van der Waals surface area contributed by atoms with Crippen LogP contribution in [0.5, 0.6) is 11.5 Å². The SMILES string of the molecule is COc1ccc(C(=O)Nc2ncc(C#CCN)s2)cc1O. The molecule has 7 heteroatoms. The number of ether oxygens (including phenoxy) is 1. The zero-order valence-electron chi connectivity index (χ0n) is 11.2. The maximum absolute atomic E-state index is 12.0. The lowest BCUT2D eigenvalue weighted by Gasteiger charge is -2.05. The van der Waals surface area contributed by atoms with Crippen LogP contribution < -0.4 is 15.8 Å². The molecule has 0 radical (unpaired) electrons. The van der Waals surface area contributed by atoms with E-state index >= 15 is 0 Å². The number of rotatable bonds is 3. The highest BCUT2D eigenvalue weighted by molar-refractivity contribution is 7.16. The molecule has 0 aliphatic rings. The van der Waals surface area contributed by atoms with E-state index in [0.29, 0.717) is 21.3 Å². The van der Waals surface area contributed by atoms with Gasteiger partial charge in [-0.05, 0) is 18.2 Å². The van der Waals surface area contributed by atoms with Gasteiger partial charge >= 0.3 is 0 Å². The van der Waals surface area contributed by atoms with Crippen molar-refractivity contribution < 1.29 is 14.6 Å². The molecule has 0 aliphatic carbocycles. The van der Waals surface area contributed by atoms with Crippen molar-refractivity contribution in [1.82, 2.24) is 4.98 Å². The number of hydrogen-bond acceptors (Lipinski definition) is 6. The van der Waals surface area contributed by atoms with Gasteiger partial charge in [0.15, 0.2) is 16.6 Å². The van der Waals surface area contributed by atoms with Gasteiger partial charge in [-0.2, -0.15) is 0 Å². The lowest BCUT2D eigenvalue weighted by atomic mass is 10.2. The number of anilines is 1. The normalized spacial score (nSPS) is 9.62. The van der Waals surface area contributed by atoms with E-state index in [-0.39, 0.29) is 18.2 Å². The van der Waals surface area contributed by atoms with E-state index < -0.39 is 0 Å². The van der Waals surface area contributed by atoms with Crippen LogP contribution in [0.4, 0.5) is 5.13 Å². The van der Waals surface area contributed by atoms with Crippen molar-refractivity contribution in [3.8, 4) is 23.3 Å². The van der Waals surface area contributed by atoms with Gasteiger partial charge in [0, 0.05) is 5.56 Å². The fourth-order valence-corrected chi connectivity index (χ4v) is 2.21. The molecule has 0 atom stereocenters. The molecule has 0 saturated heterocycles. The molecule has 21 heavy (non-hydrogen) atoms. The van der Waals surface area contributed by atoms with Crippen LogP contribution in [0.25, 0.3) is 0 Å². The van der Waals surface area contributed by atoms with Crippen LogP contribution in [0.1, 0.15) is 15.2 Å². The number of hydrogen-bond donors (Lipinski definition) is 3. The van der Waals surface area contributed by atoms with Gasteiger partial charge in [0.25, 0.3) is 5.91 Å². The summed E-state index contributed by atoms with van der Waals surface area (Å²) in [5, 5.41) is 12.7. The summed E-state index contributed by atoms with van der Waals surface area (Å²) < 4.78 is 4.92. The first-order valence-corrected chi connectivity index (χ1v) is 6.79. The topological polar surface area (TPSA) is 97.5 Å². The number of phenolic OH excluding ortho intramolecular Hbond substituents is 1. The molecule has 2 rings (SSSR count). The van der Waals surface area contributed by atoms with Crippen LogP contribution in [-0.4, -0.2) is 29.7 Å². The molecule has 1 aromatic heterocycles. The zero-order valence-corrected chi connectivity index (χ0v) is 12.0. The van der Waals surface area contributed by atoms with E-state index in [1.165, 1.54) is 30.6 Å². The maximum atomic E-state index is 12.0. The van der Waals surface area contributed by atoms with Crippen molar-refractivity contribution in [2.24, 2.45) is 5.73 Å². The van der Waals surface area contributed by atoms with Crippen LogP contribution in [0.15, 0.2) is 24.4 Å². The first-order chi connectivity index (χ1) is 10.1. The number of nitrogens with one attached hydrogen (secondary N) is 1. The molecule has 6 nitrogen and oxygen atoms in total. The smallest absolute Gasteiger partial charge is 0.257 e. The summed E-state index contributed by atoms with van der Waals surface area (Å²) >= 11 is 1.25. The Morgan fingerprint density at radius 2 is 2.38 bits per heavy atom. The first-order valence-electron chi connectivity index (χ1n) is 5.97. The van der Waals surface area contributed by atoms with Gasteiger partial charge in [-0.15, -0.1) is 0 Å². The molecule has 2 aromatic rings. The largest absolute Gasteiger partial charge is 0.504 e. The molecule has 1 aromatic carbocycles. The van der Waals surface area contributed by atoms with E-state index in [1.807, 2.05) is 0 Å². The number of aromatic hydroxyl groups is 1. The van der Waals surface area contributed by atoms with Crippen molar-refractivity contribution in [3.63, 3.8) is 0 Å². The molecule has 0 unspecified atom stereocenters. The summed E-state index contributed by atoms with van der Waals surface area (Å²) in [6.45, 7) is 0.269. The van der Waals surface area contributed by atoms with E-state index in [0.717, 1.165) is 0 Å². The second-order valence-corrected chi connectivity index (χ2v) is 4.91. The number of carbonyl (C=O) groups is 1. The van der Waals surface area contributed by atoms with Gasteiger partial charge in [0.1, 0.15) is 0 Å². The third kappa shape index (κ3) is 3.72. The molecular formula is C14H13N3O3S. The summed E-state index contributed by atoms with van der Waals surface area (Å²) in [6, 6.07) is 4.40. The number of aromatic nitrogens is 1. The third-order valence-corrected chi connectivity index (χ3v) is 3.31. The van der Waals surface area contributed by atoms with Gasteiger partial charge in [-0.1, -0.05) is 23.2 Å². The van der Waals surface area contributed by atoms with Crippen molar-refractivity contribution in [3.05, 3.63) is 34.8 Å². The van der Waals surface area contributed by atoms with Gasteiger partial charge < -0.3 is 15.6 Å². The Morgan fingerprint density at radius 1 is 1.57 bits per heavy atom. The summed E-state index contributed by atoms with van der Waals surface area (Å²) in [5.41, 5.74) is 5.59. The molecular weight excluding hydrogens is 290 g/mol. The molecule has 1 heterocycles. The van der Waals surface area contributed by atoms with Crippen molar-refractivity contribution in [2.75, 3.05) is 19.0 Å². The highest BCUT2D eigenvalue weighted by Gasteiger charge is 2.11. The standard InChI is InChI=1S/C14H13N3O3S/c1-20-12-5-4-9(7-11(12)18)13(19)17-14-16-8-10(21-14)3-2-6-15/h4-5,7-8,18H,6,15H2,1H3,(H,16,17,19). The minimum absolute atomic E-state index is 0.0983. The second kappa shape index (κ2) is 6.74.